The van der Waals surface area contributed by atoms with Crippen LogP contribution in [0.15, 0.2) is 117 Å². The fourth-order valence-electron chi connectivity index (χ4n) is 4.92. The van der Waals surface area contributed by atoms with Crippen molar-refractivity contribution in [2.24, 2.45) is 0 Å². The molecule has 0 bridgehead atoms. The molecule has 2 atom stereocenters. The third-order valence-electron chi connectivity index (χ3n) is 7.65. The molecule has 2 amide bonds. The van der Waals surface area contributed by atoms with Crippen LogP contribution < -0.4 is 14.4 Å². The Hall–Kier alpha value is -3.67. The molecule has 0 aliphatic heterocycles. The normalized spacial score (nSPS) is 12.5. The van der Waals surface area contributed by atoms with Crippen LogP contribution in [-0.2, 0) is 32.6 Å². The zero-order valence-electron chi connectivity index (χ0n) is 26.6. The van der Waals surface area contributed by atoms with Gasteiger partial charge in [0.05, 0.1) is 17.2 Å². The number of carbonyl (C=O) groups excluding carboxylic acids is 2. The van der Waals surface area contributed by atoms with Gasteiger partial charge in [-0.2, -0.15) is 0 Å². The number of nitrogens with zero attached hydrogens (tertiary/aromatic N) is 2. The SMILES string of the molecule is CCOc1ccc(N(CC(=O)N(Cc2ccc(Br)cc2)C(Cc2ccccc2)C(=O)NC(C)CC)S(=O)(=O)c2ccc(Br)cc2)cc1. The van der Waals surface area contributed by atoms with Gasteiger partial charge in [0, 0.05) is 28.0 Å². The van der Waals surface area contributed by atoms with Crippen molar-refractivity contribution >= 4 is 59.4 Å². The predicted molar refractivity (Wildman–Crippen MR) is 193 cm³/mol. The number of anilines is 1. The molecule has 8 nitrogen and oxygen atoms in total. The molecule has 0 aromatic heterocycles. The van der Waals surface area contributed by atoms with Crippen LogP contribution in [0.25, 0.3) is 0 Å². The minimum absolute atomic E-state index is 0.0252. The standard InChI is InChI=1S/C36H39Br2N3O5S/c1-4-26(3)39-36(43)34(23-27-9-7-6-8-10-27)40(24-28-11-13-29(37)14-12-28)35(42)25-41(31-17-19-32(20-18-31)46-5-2)47(44,45)33-21-15-30(38)16-22-33/h6-22,26,34H,4-5,23-25H2,1-3H3,(H,39,43). The van der Waals surface area contributed by atoms with Crippen molar-refractivity contribution in [2.75, 3.05) is 17.5 Å². The van der Waals surface area contributed by atoms with Gasteiger partial charge in [0.25, 0.3) is 10.0 Å². The topological polar surface area (TPSA) is 96.0 Å². The summed E-state index contributed by atoms with van der Waals surface area (Å²) < 4.78 is 36.7. The third-order valence-corrected chi connectivity index (χ3v) is 10.5. The average Bonchev–Trinajstić information content (AvgIpc) is 3.07. The molecule has 0 heterocycles. The molecule has 47 heavy (non-hydrogen) atoms. The maximum atomic E-state index is 14.6. The molecule has 4 rings (SSSR count). The molecule has 4 aromatic rings. The van der Waals surface area contributed by atoms with Crippen LogP contribution in [0.5, 0.6) is 5.75 Å². The van der Waals surface area contributed by atoms with E-state index >= 15 is 0 Å². The molecule has 0 fully saturated rings. The zero-order chi connectivity index (χ0) is 34.0. The van der Waals surface area contributed by atoms with Crippen LogP contribution in [-0.4, -0.2) is 50.4 Å². The fraction of sp³-hybridized carbons (Fsp3) is 0.278. The summed E-state index contributed by atoms with van der Waals surface area (Å²) in [5.74, 6) is -0.259. The highest BCUT2D eigenvalue weighted by Gasteiger charge is 2.35. The van der Waals surface area contributed by atoms with Crippen molar-refractivity contribution in [1.82, 2.24) is 10.2 Å². The van der Waals surface area contributed by atoms with E-state index in [1.54, 1.807) is 36.4 Å². The molecule has 248 valence electrons. The second-order valence-corrected chi connectivity index (χ2v) is 14.8. The lowest BCUT2D eigenvalue weighted by molar-refractivity contribution is -0.140. The number of benzene rings is 4. The number of ether oxygens (including phenoxy) is 1. The van der Waals surface area contributed by atoms with E-state index in [1.807, 2.05) is 75.4 Å². The van der Waals surface area contributed by atoms with Crippen molar-refractivity contribution in [3.63, 3.8) is 0 Å². The van der Waals surface area contributed by atoms with Gasteiger partial charge in [-0.1, -0.05) is 81.2 Å². The van der Waals surface area contributed by atoms with E-state index in [9.17, 15) is 18.0 Å². The molecule has 0 aliphatic carbocycles. The largest absolute Gasteiger partial charge is 0.494 e. The van der Waals surface area contributed by atoms with Crippen LogP contribution in [0.2, 0.25) is 0 Å². The summed E-state index contributed by atoms with van der Waals surface area (Å²) in [6.07, 6.45) is 0.954. The van der Waals surface area contributed by atoms with Gasteiger partial charge in [0.1, 0.15) is 18.3 Å². The summed E-state index contributed by atoms with van der Waals surface area (Å²) in [7, 11) is -4.21. The Bertz CT molecular complexity index is 1720. The van der Waals surface area contributed by atoms with Crippen molar-refractivity contribution in [3.8, 4) is 5.75 Å². The van der Waals surface area contributed by atoms with Crippen molar-refractivity contribution in [2.45, 2.75) is 57.1 Å². The first-order chi connectivity index (χ1) is 22.5. The van der Waals surface area contributed by atoms with Gasteiger partial charge in [-0.25, -0.2) is 8.42 Å². The molecule has 0 spiro atoms. The van der Waals surface area contributed by atoms with E-state index in [2.05, 4.69) is 37.2 Å². The molecule has 0 aliphatic rings. The molecule has 4 aromatic carbocycles. The number of halogens is 2. The highest BCUT2D eigenvalue weighted by molar-refractivity contribution is 9.10. The molecule has 1 N–H and O–H groups in total. The second kappa shape index (κ2) is 16.9. The Balaban J connectivity index is 1.80. The summed E-state index contributed by atoms with van der Waals surface area (Å²) in [5, 5.41) is 3.05. The Morgan fingerprint density at radius 3 is 1.98 bits per heavy atom. The van der Waals surface area contributed by atoms with Gasteiger partial charge in [0.2, 0.25) is 11.8 Å². The predicted octanol–water partition coefficient (Wildman–Crippen LogP) is 7.36. The van der Waals surface area contributed by atoms with Gasteiger partial charge in [0.15, 0.2) is 0 Å². The zero-order valence-corrected chi connectivity index (χ0v) is 30.6. The number of carbonyl (C=O) groups is 2. The van der Waals surface area contributed by atoms with Gasteiger partial charge in [-0.3, -0.25) is 13.9 Å². The van der Waals surface area contributed by atoms with E-state index in [0.29, 0.717) is 18.8 Å². The third kappa shape index (κ3) is 9.92. The van der Waals surface area contributed by atoms with Crippen molar-refractivity contribution < 1.29 is 22.7 Å². The van der Waals surface area contributed by atoms with Crippen molar-refractivity contribution in [1.29, 1.82) is 0 Å². The summed E-state index contributed by atoms with van der Waals surface area (Å²) in [4.78, 5) is 30.1. The number of hydrogen-bond donors (Lipinski definition) is 1. The summed E-state index contributed by atoms with van der Waals surface area (Å²) in [5.41, 5.74) is 1.95. The highest BCUT2D eigenvalue weighted by atomic mass is 79.9. The summed E-state index contributed by atoms with van der Waals surface area (Å²) in [6, 6.07) is 28.8. The first kappa shape index (κ1) is 36.2. The number of rotatable bonds is 15. The Kier molecular flexibility index (Phi) is 13.0. The number of nitrogens with one attached hydrogen (secondary N) is 1. The van der Waals surface area contributed by atoms with Gasteiger partial charge >= 0.3 is 0 Å². The monoisotopic (exact) mass is 783 g/mol. The molecule has 11 heteroatoms. The smallest absolute Gasteiger partial charge is 0.264 e. The molecular weight excluding hydrogens is 746 g/mol. The number of sulfonamides is 1. The summed E-state index contributed by atoms with van der Waals surface area (Å²) in [6.45, 7) is 5.75. The van der Waals surface area contributed by atoms with E-state index in [0.717, 1.165) is 24.4 Å². The lowest BCUT2D eigenvalue weighted by Crippen LogP contribution is -2.54. The van der Waals surface area contributed by atoms with Crippen LogP contribution >= 0.6 is 31.9 Å². The van der Waals surface area contributed by atoms with E-state index in [1.165, 1.54) is 17.0 Å². The number of amides is 2. The maximum Gasteiger partial charge on any atom is 0.264 e. The van der Waals surface area contributed by atoms with Gasteiger partial charge in [-0.05, 0) is 92.1 Å². The molecular formula is C36H39Br2N3O5S. The lowest BCUT2D eigenvalue weighted by Gasteiger charge is -2.34. The number of hydrogen-bond acceptors (Lipinski definition) is 5. The van der Waals surface area contributed by atoms with E-state index < -0.39 is 28.5 Å². The van der Waals surface area contributed by atoms with Crippen LogP contribution in [0.3, 0.4) is 0 Å². The Labute approximate surface area is 294 Å². The molecule has 0 saturated carbocycles. The fourth-order valence-corrected chi connectivity index (χ4v) is 6.86. The second-order valence-electron chi connectivity index (χ2n) is 11.1. The van der Waals surface area contributed by atoms with Gasteiger partial charge < -0.3 is 15.0 Å². The quantitative estimate of drug-likeness (QED) is 0.136. The Morgan fingerprint density at radius 2 is 1.40 bits per heavy atom. The minimum Gasteiger partial charge on any atom is -0.494 e. The van der Waals surface area contributed by atoms with Crippen LogP contribution in [0.4, 0.5) is 5.69 Å². The highest BCUT2D eigenvalue weighted by Crippen LogP contribution is 2.28. The summed E-state index contributed by atoms with van der Waals surface area (Å²) >= 11 is 6.83. The van der Waals surface area contributed by atoms with Crippen LogP contribution in [0.1, 0.15) is 38.3 Å². The minimum atomic E-state index is -4.21. The maximum absolute atomic E-state index is 14.6. The van der Waals surface area contributed by atoms with Gasteiger partial charge in [-0.15, -0.1) is 0 Å². The first-order valence-corrected chi connectivity index (χ1v) is 18.4. The Morgan fingerprint density at radius 1 is 0.809 bits per heavy atom. The lowest BCUT2D eigenvalue weighted by atomic mass is 10.0. The first-order valence-electron chi connectivity index (χ1n) is 15.4. The van der Waals surface area contributed by atoms with Crippen LogP contribution in [0, 0.1) is 0 Å². The van der Waals surface area contributed by atoms with E-state index in [4.69, 9.17) is 4.74 Å². The average molecular weight is 786 g/mol. The molecule has 2 unspecified atom stereocenters. The van der Waals surface area contributed by atoms with Crippen molar-refractivity contribution in [3.05, 3.63) is 123 Å². The van der Waals surface area contributed by atoms with E-state index in [-0.39, 0.29) is 35.5 Å². The molecule has 0 saturated heterocycles. The molecule has 0 radical (unpaired) electrons.